The maximum atomic E-state index is 12.0. The van der Waals surface area contributed by atoms with Gasteiger partial charge in [0.25, 0.3) is 0 Å². The number of aromatic amines is 1. The first-order chi connectivity index (χ1) is 9.94. The summed E-state index contributed by atoms with van der Waals surface area (Å²) in [5.41, 5.74) is 2.65. The summed E-state index contributed by atoms with van der Waals surface area (Å²) in [6, 6.07) is 0. The van der Waals surface area contributed by atoms with Gasteiger partial charge in [-0.15, -0.1) is 0 Å². The lowest BCUT2D eigenvalue weighted by Gasteiger charge is -2.06. The summed E-state index contributed by atoms with van der Waals surface area (Å²) in [7, 11) is 2.63. The van der Waals surface area contributed by atoms with Crippen LogP contribution >= 0.6 is 0 Å². The van der Waals surface area contributed by atoms with Crippen molar-refractivity contribution in [1.29, 1.82) is 0 Å². The zero-order valence-corrected chi connectivity index (χ0v) is 12.9. The minimum Gasteiger partial charge on any atom is -0.469 e. The molecule has 0 radical (unpaired) electrons. The maximum Gasteiger partial charge on any atom is 0.310 e. The van der Waals surface area contributed by atoms with E-state index in [0.717, 1.165) is 11.3 Å². The smallest absolute Gasteiger partial charge is 0.310 e. The van der Waals surface area contributed by atoms with Crippen molar-refractivity contribution in [2.24, 2.45) is 0 Å². The summed E-state index contributed by atoms with van der Waals surface area (Å²) in [6.07, 6.45) is 0.936. The topological polar surface area (TPSA) is 85.5 Å². The number of Topliss-reactive ketones (excluding diaryl/α,β-unsaturated/α-hetero) is 1. The lowest BCUT2D eigenvalue weighted by Crippen LogP contribution is -2.10. The van der Waals surface area contributed by atoms with Crippen LogP contribution in [0.25, 0.3) is 0 Å². The Kier molecular flexibility index (Phi) is 6.14. The summed E-state index contributed by atoms with van der Waals surface area (Å²) in [5.74, 6) is -0.784. The van der Waals surface area contributed by atoms with E-state index in [4.69, 9.17) is 0 Å². The molecule has 1 heterocycles. The van der Waals surface area contributed by atoms with Crippen LogP contribution in [0.2, 0.25) is 0 Å². The van der Waals surface area contributed by atoms with E-state index >= 15 is 0 Å². The van der Waals surface area contributed by atoms with Crippen LogP contribution in [0.3, 0.4) is 0 Å². The van der Waals surface area contributed by atoms with Gasteiger partial charge in [0.2, 0.25) is 0 Å². The van der Waals surface area contributed by atoms with E-state index in [9.17, 15) is 14.4 Å². The molecule has 21 heavy (non-hydrogen) atoms. The Labute approximate surface area is 123 Å². The van der Waals surface area contributed by atoms with Gasteiger partial charge in [-0.2, -0.15) is 0 Å². The van der Waals surface area contributed by atoms with E-state index in [-0.39, 0.29) is 30.6 Å². The Morgan fingerprint density at radius 3 is 2.19 bits per heavy atom. The number of ketones is 1. The third-order valence-corrected chi connectivity index (χ3v) is 3.39. The zero-order chi connectivity index (χ0) is 16.0. The first-order valence-electron chi connectivity index (χ1n) is 6.81. The fourth-order valence-corrected chi connectivity index (χ4v) is 2.19. The number of carbonyl (C=O) groups excluding carboxylic acids is 3. The normalized spacial score (nSPS) is 10.3. The standard InChI is InChI=1S/C15H21NO5/c1-5-12(17)15-10(6-7-13(18)20-3)11(9(2)16-15)8-14(19)21-4/h16H,5-8H2,1-4H3. The van der Waals surface area contributed by atoms with Crippen molar-refractivity contribution >= 4 is 17.7 Å². The molecular formula is C15H21NO5. The van der Waals surface area contributed by atoms with Crippen LogP contribution in [0.5, 0.6) is 0 Å². The summed E-state index contributed by atoms with van der Waals surface area (Å²) < 4.78 is 9.30. The number of esters is 2. The molecule has 1 aromatic rings. The second kappa shape index (κ2) is 7.61. The molecule has 0 bridgehead atoms. The molecule has 0 aromatic carbocycles. The quantitative estimate of drug-likeness (QED) is 0.611. The molecule has 6 heteroatoms. The van der Waals surface area contributed by atoms with E-state index in [1.807, 2.05) is 0 Å². The molecule has 0 aliphatic heterocycles. The van der Waals surface area contributed by atoms with Gasteiger partial charge in [0, 0.05) is 18.5 Å². The van der Waals surface area contributed by atoms with Crippen molar-refractivity contribution in [3.05, 3.63) is 22.5 Å². The summed E-state index contributed by atoms with van der Waals surface area (Å²) in [4.78, 5) is 37.9. The van der Waals surface area contributed by atoms with Gasteiger partial charge < -0.3 is 14.5 Å². The monoisotopic (exact) mass is 295 g/mol. The molecular weight excluding hydrogens is 274 g/mol. The van der Waals surface area contributed by atoms with Gasteiger partial charge in [0.1, 0.15) is 0 Å². The highest BCUT2D eigenvalue weighted by atomic mass is 16.5. The number of H-pyrrole nitrogens is 1. The molecule has 1 aromatic heterocycles. The number of aromatic nitrogens is 1. The van der Waals surface area contributed by atoms with E-state index in [0.29, 0.717) is 24.1 Å². The van der Waals surface area contributed by atoms with Crippen LogP contribution in [-0.2, 0) is 31.9 Å². The molecule has 0 spiro atoms. The molecule has 0 atom stereocenters. The third kappa shape index (κ3) is 4.18. The predicted octanol–water partition coefficient (Wildman–Crippen LogP) is 1.74. The van der Waals surface area contributed by atoms with Crippen molar-refractivity contribution in [2.75, 3.05) is 14.2 Å². The molecule has 0 amide bonds. The average Bonchev–Trinajstić information content (AvgIpc) is 2.80. The highest BCUT2D eigenvalue weighted by Gasteiger charge is 2.21. The van der Waals surface area contributed by atoms with Crippen molar-refractivity contribution in [1.82, 2.24) is 4.98 Å². The Balaban J connectivity index is 3.15. The van der Waals surface area contributed by atoms with Gasteiger partial charge in [-0.1, -0.05) is 6.92 Å². The van der Waals surface area contributed by atoms with Gasteiger partial charge >= 0.3 is 11.9 Å². The number of methoxy groups -OCH3 is 2. The van der Waals surface area contributed by atoms with Gasteiger partial charge in [0.15, 0.2) is 5.78 Å². The van der Waals surface area contributed by atoms with E-state index in [2.05, 4.69) is 14.5 Å². The number of rotatable bonds is 7. The molecule has 0 saturated carbocycles. The third-order valence-electron chi connectivity index (χ3n) is 3.39. The van der Waals surface area contributed by atoms with E-state index < -0.39 is 0 Å². The summed E-state index contributed by atoms with van der Waals surface area (Å²) in [6.45, 7) is 3.56. The van der Waals surface area contributed by atoms with Crippen molar-refractivity contribution < 1.29 is 23.9 Å². The number of hydrogen-bond acceptors (Lipinski definition) is 5. The first kappa shape index (κ1) is 16.9. The van der Waals surface area contributed by atoms with Crippen LogP contribution < -0.4 is 0 Å². The molecule has 6 nitrogen and oxygen atoms in total. The van der Waals surface area contributed by atoms with Crippen LogP contribution in [0.4, 0.5) is 0 Å². The van der Waals surface area contributed by atoms with Crippen LogP contribution in [0.1, 0.15) is 47.1 Å². The molecule has 0 saturated heterocycles. The first-order valence-corrected chi connectivity index (χ1v) is 6.81. The van der Waals surface area contributed by atoms with Crippen molar-refractivity contribution in [2.45, 2.75) is 39.5 Å². The lowest BCUT2D eigenvalue weighted by atomic mass is 9.99. The second-order valence-electron chi connectivity index (χ2n) is 4.69. The number of ether oxygens (including phenoxy) is 2. The van der Waals surface area contributed by atoms with Crippen LogP contribution in [-0.4, -0.2) is 36.9 Å². The van der Waals surface area contributed by atoms with E-state index in [1.54, 1.807) is 13.8 Å². The largest absolute Gasteiger partial charge is 0.469 e. The molecule has 1 N–H and O–H groups in total. The number of carbonyl (C=O) groups is 3. The number of nitrogens with one attached hydrogen (secondary N) is 1. The summed E-state index contributed by atoms with van der Waals surface area (Å²) in [5, 5.41) is 0. The molecule has 0 unspecified atom stereocenters. The lowest BCUT2D eigenvalue weighted by molar-refractivity contribution is -0.140. The highest BCUT2D eigenvalue weighted by molar-refractivity contribution is 5.96. The molecule has 0 aliphatic carbocycles. The van der Waals surface area contributed by atoms with E-state index in [1.165, 1.54) is 14.2 Å². The Hall–Kier alpha value is -2.11. The SMILES string of the molecule is CCC(=O)c1[nH]c(C)c(CC(=O)OC)c1CCC(=O)OC. The van der Waals surface area contributed by atoms with Crippen molar-refractivity contribution in [3.8, 4) is 0 Å². The minimum atomic E-state index is -0.382. The molecule has 116 valence electrons. The van der Waals surface area contributed by atoms with Gasteiger partial charge in [0.05, 0.1) is 26.3 Å². The highest BCUT2D eigenvalue weighted by Crippen LogP contribution is 2.23. The molecule has 1 rings (SSSR count). The second-order valence-corrected chi connectivity index (χ2v) is 4.69. The number of hydrogen-bond donors (Lipinski definition) is 1. The fraction of sp³-hybridized carbons (Fsp3) is 0.533. The average molecular weight is 295 g/mol. The Morgan fingerprint density at radius 2 is 1.67 bits per heavy atom. The Bertz CT molecular complexity index is 545. The zero-order valence-electron chi connectivity index (χ0n) is 12.9. The molecule has 0 aliphatic rings. The van der Waals surface area contributed by atoms with Crippen molar-refractivity contribution in [3.63, 3.8) is 0 Å². The van der Waals surface area contributed by atoms with Gasteiger partial charge in [-0.05, 0) is 24.5 Å². The Morgan fingerprint density at radius 1 is 1.05 bits per heavy atom. The minimum absolute atomic E-state index is 0.0471. The summed E-state index contributed by atoms with van der Waals surface area (Å²) >= 11 is 0. The number of aryl methyl sites for hydroxylation is 1. The van der Waals surface area contributed by atoms with Crippen LogP contribution in [0.15, 0.2) is 0 Å². The maximum absolute atomic E-state index is 12.0. The van der Waals surface area contributed by atoms with Gasteiger partial charge in [-0.3, -0.25) is 14.4 Å². The molecule has 0 fully saturated rings. The fourth-order valence-electron chi connectivity index (χ4n) is 2.19. The predicted molar refractivity (Wildman–Crippen MR) is 76.2 cm³/mol. The van der Waals surface area contributed by atoms with Gasteiger partial charge in [-0.25, -0.2) is 0 Å². The van der Waals surface area contributed by atoms with Crippen LogP contribution in [0, 0.1) is 6.92 Å².